The lowest BCUT2D eigenvalue weighted by Gasteiger charge is -2.25. The zero-order chi connectivity index (χ0) is 20.7. The third-order valence-corrected chi connectivity index (χ3v) is 5.08. The van der Waals surface area contributed by atoms with Crippen LogP contribution in [0.25, 0.3) is 11.4 Å². The molecule has 1 N–H and O–H groups in total. The van der Waals surface area contributed by atoms with Gasteiger partial charge in [-0.05, 0) is 45.0 Å². The van der Waals surface area contributed by atoms with Crippen LogP contribution in [0.4, 0.5) is 0 Å². The van der Waals surface area contributed by atoms with E-state index >= 15 is 0 Å². The van der Waals surface area contributed by atoms with Crippen molar-refractivity contribution in [3.05, 3.63) is 41.9 Å². The van der Waals surface area contributed by atoms with Crippen LogP contribution in [-0.4, -0.2) is 37.7 Å². The molecule has 2 rings (SSSR count). The first-order valence-electron chi connectivity index (χ1n) is 8.95. The Morgan fingerprint density at radius 2 is 1.96 bits per heavy atom. The molecular formula is C20H25ClN4O2S. The predicted octanol–water partition coefficient (Wildman–Crippen LogP) is 4.14. The molecule has 8 heteroatoms. The average Bonchev–Trinajstić information content (AvgIpc) is 2.97. The summed E-state index contributed by atoms with van der Waals surface area (Å²) in [5.74, 6) is 1.24. The molecular weight excluding hydrogens is 396 g/mol. The quantitative estimate of drug-likeness (QED) is 0.461. The van der Waals surface area contributed by atoms with E-state index in [4.69, 9.17) is 11.6 Å². The number of aromatic nitrogens is 3. The van der Waals surface area contributed by atoms with Gasteiger partial charge in [0.2, 0.25) is 5.91 Å². The summed E-state index contributed by atoms with van der Waals surface area (Å²) >= 11 is 7.42. The van der Waals surface area contributed by atoms with Gasteiger partial charge in [-0.2, -0.15) is 0 Å². The van der Waals surface area contributed by atoms with Gasteiger partial charge in [-0.15, -0.1) is 16.8 Å². The van der Waals surface area contributed by atoms with Crippen LogP contribution < -0.4 is 5.32 Å². The number of hydrogen-bond donors (Lipinski definition) is 1. The van der Waals surface area contributed by atoms with Crippen LogP contribution in [0.1, 0.15) is 33.6 Å². The minimum absolute atomic E-state index is 0.0481. The smallest absolute Gasteiger partial charge is 0.221 e. The van der Waals surface area contributed by atoms with Crippen LogP contribution in [0.2, 0.25) is 5.02 Å². The average molecular weight is 421 g/mol. The van der Waals surface area contributed by atoms with Crippen molar-refractivity contribution in [1.82, 2.24) is 20.1 Å². The summed E-state index contributed by atoms with van der Waals surface area (Å²) < 4.78 is 1.96. The van der Waals surface area contributed by atoms with E-state index in [1.54, 1.807) is 6.08 Å². The maximum atomic E-state index is 12.2. The van der Waals surface area contributed by atoms with Crippen LogP contribution >= 0.6 is 23.4 Å². The minimum atomic E-state index is -0.543. The Morgan fingerprint density at radius 1 is 1.29 bits per heavy atom. The fraction of sp³-hybridized carbons (Fsp3) is 0.400. The standard InChI is InChI=1S/C20H25ClN4O2S/c1-5-11-25-18(15-6-8-16(21)9-7-15)23-24-19(25)28-12-10-17(27)22-20(3,4)13-14(2)26/h5-9H,1,10-13H2,2-4H3,(H,22,27). The molecule has 0 atom stereocenters. The molecule has 0 bridgehead atoms. The van der Waals surface area contributed by atoms with Gasteiger partial charge in [-0.3, -0.25) is 14.2 Å². The Morgan fingerprint density at radius 3 is 2.57 bits per heavy atom. The molecule has 0 fully saturated rings. The number of rotatable bonds is 10. The lowest BCUT2D eigenvalue weighted by molar-refractivity contribution is -0.123. The molecule has 0 radical (unpaired) electrons. The largest absolute Gasteiger partial charge is 0.351 e. The highest BCUT2D eigenvalue weighted by Crippen LogP contribution is 2.25. The van der Waals surface area contributed by atoms with E-state index in [1.807, 2.05) is 42.7 Å². The van der Waals surface area contributed by atoms with Gasteiger partial charge in [0, 0.05) is 41.3 Å². The summed E-state index contributed by atoms with van der Waals surface area (Å²) in [7, 11) is 0. The van der Waals surface area contributed by atoms with Gasteiger partial charge in [-0.25, -0.2) is 0 Å². The molecule has 6 nitrogen and oxygen atoms in total. The third-order valence-electron chi connectivity index (χ3n) is 3.86. The number of allylic oxidation sites excluding steroid dienone is 1. The van der Waals surface area contributed by atoms with Gasteiger partial charge in [-0.1, -0.05) is 29.4 Å². The normalized spacial score (nSPS) is 11.3. The van der Waals surface area contributed by atoms with Gasteiger partial charge >= 0.3 is 0 Å². The van der Waals surface area contributed by atoms with Gasteiger partial charge in [0.15, 0.2) is 11.0 Å². The summed E-state index contributed by atoms with van der Waals surface area (Å²) in [4.78, 5) is 23.5. The van der Waals surface area contributed by atoms with Gasteiger partial charge < -0.3 is 5.32 Å². The number of nitrogens with one attached hydrogen (secondary N) is 1. The number of ketones is 1. The van der Waals surface area contributed by atoms with E-state index in [-0.39, 0.29) is 11.7 Å². The zero-order valence-electron chi connectivity index (χ0n) is 16.4. The van der Waals surface area contributed by atoms with Crippen molar-refractivity contribution in [2.75, 3.05) is 5.75 Å². The van der Waals surface area contributed by atoms with E-state index in [0.29, 0.717) is 30.2 Å². The van der Waals surface area contributed by atoms with Crippen LogP contribution in [0, 0.1) is 0 Å². The predicted molar refractivity (Wildman–Crippen MR) is 114 cm³/mol. The number of amides is 1. The van der Waals surface area contributed by atoms with Crippen LogP contribution in [-0.2, 0) is 16.1 Å². The van der Waals surface area contributed by atoms with Crippen LogP contribution in [0.3, 0.4) is 0 Å². The zero-order valence-corrected chi connectivity index (χ0v) is 17.9. The van der Waals surface area contributed by atoms with Crippen molar-refractivity contribution < 1.29 is 9.59 Å². The number of benzene rings is 1. The second-order valence-electron chi connectivity index (χ2n) is 7.12. The molecule has 150 valence electrons. The Hall–Kier alpha value is -2.12. The molecule has 0 unspecified atom stereocenters. The summed E-state index contributed by atoms with van der Waals surface area (Å²) in [5.41, 5.74) is 0.368. The van der Waals surface area contributed by atoms with E-state index in [9.17, 15) is 9.59 Å². The molecule has 0 saturated heterocycles. The second-order valence-corrected chi connectivity index (χ2v) is 8.62. The van der Waals surface area contributed by atoms with Gasteiger partial charge in [0.25, 0.3) is 0 Å². The number of Topliss-reactive ketones (excluding diaryl/α,β-unsaturated/α-hetero) is 1. The SMILES string of the molecule is C=CCn1c(SCCC(=O)NC(C)(C)CC(C)=O)nnc1-c1ccc(Cl)cc1. The van der Waals surface area contributed by atoms with Crippen molar-refractivity contribution in [3.8, 4) is 11.4 Å². The first-order chi connectivity index (χ1) is 13.2. The number of hydrogen-bond acceptors (Lipinski definition) is 5. The second kappa shape index (κ2) is 9.89. The Balaban J connectivity index is 2.00. The van der Waals surface area contributed by atoms with E-state index in [0.717, 1.165) is 16.5 Å². The highest BCUT2D eigenvalue weighted by atomic mass is 35.5. The van der Waals surface area contributed by atoms with Crippen molar-refractivity contribution in [3.63, 3.8) is 0 Å². The molecule has 1 heterocycles. The molecule has 1 amide bonds. The molecule has 0 aliphatic carbocycles. The van der Waals surface area contributed by atoms with Gasteiger partial charge in [0.1, 0.15) is 5.78 Å². The topological polar surface area (TPSA) is 76.9 Å². The molecule has 0 saturated carbocycles. The highest BCUT2D eigenvalue weighted by Gasteiger charge is 2.22. The van der Waals surface area contributed by atoms with Crippen LogP contribution in [0.5, 0.6) is 0 Å². The van der Waals surface area contributed by atoms with E-state index in [1.165, 1.54) is 18.7 Å². The Kier molecular flexibility index (Phi) is 7.83. The fourth-order valence-corrected chi connectivity index (χ4v) is 3.85. The monoisotopic (exact) mass is 420 g/mol. The molecule has 1 aromatic carbocycles. The van der Waals surface area contributed by atoms with Crippen molar-refractivity contribution in [2.45, 2.75) is 50.9 Å². The third kappa shape index (κ3) is 6.49. The summed E-state index contributed by atoms with van der Waals surface area (Å²) in [6.45, 7) is 9.57. The lowest BCUT2D eigenvalue weighted by Crippen LogP contribution is -2.44. The fourth-order valence-electron chi connectivity index (χ4n) is 2.84. The molecule has 1 aromatic heterocycles. The van der Waals surface area contributed by atoms with Crippen molar-refractivity contribution in [2.24, 2.45) is 0 Å². The van der Waals surface area contributed by atoms with E-state index < -0.39 is 5.54 Å². The molecule has 0 aliphatic heterocycles. The molecule has 2 aromatic rings. The number of carbonyl (C=O) groups excluding carboxylic acids is 2. The van der Waals surface area contributed by atoms with Crippen LogP contribution in [0.15, 0.2) is 42.1 Å². The number of halogens is 1. The summed E-state index contributed by atoms with van der Waals surface area (Å²) in [6, 6.07) is 7.41. The highest BCUT2D eigenvalue weighted by molar-refractivity contribution is 7.99. The van der Waals surface area contributed by atoms with Gasteiger partial charge in [0.05, 0.1) is 0 Å². The molecule has 0 spiro atoms. The van der Waals surface area contributed by atoms with E-state index in [2.05, 4.69) is 22.1 Å². The maximum absolute atomic E-state index is 12.2. The number of nitrogens with zero attached hydrogens (tertiary/aromatic N) is 3. The molecule has 0 aliphatic rings. The first kappa shape index (κ1) is 22.2. The minimum Gasteiger partial charge on any atom is -0.351 e. The first-order valence-corrected chi connectivity index (χ1v) is 10.3. The number of carbonyl (C=O) groups is 2. The Bertz CT molecular complexity index is 846. The molecule has 28 heavy (non-hydrogen) atoms. The summed E-state index contributed by atoms with van der Waals surface area (Å²) in [6.07, 6.45) is 2.41. The Labute approximate surface area is 174 Å². The maximum Gasteiger partial charge on any atom is 0.221 e. The van der Waals surface area contributed by atoms with Crippen molar-refractivity contribution in [1.29, 1.82) is 0 Å². The lowest BCUT2D eigenvalue weighted by atomic mass is 9.98. The van der Waals surface area contributed by atoms with Crippen molar-refractivity contribution >= 4 is 35.1 Å². The number of thioether (sulfide) groups is 1. The summed E-state index contributed by atoms with van der Waals surface area (Å²) in [5, 5.41) is 12.8.